The number of nitrogens with zero attached hydrogens (tertiary/aromatic N) is 2. The molecule has 0 radical (unpaired) electrons. The van der Waals surface area contributed by atoms with Gasteiger partial charge in [0, 0.05) is 50.1 Å². The summed E-state index contributed by atoms with van der Waals surface area (Å²) >= 11 is 0. The van der Waals surface area contributed by atoms with Crippen LogP contribution < -0.4 is 10.1 Å². The van der Waals surface area contributed by atoms with Crippen molar-refractivity contribution in [2.24, 2.45) is 0 Å². The number of carbonyl (C=O) groups is 2. The Morgan fingerprint density at radius 2 is 1.83 bits per heavy atom. The van der Waals surface area contributed by atoms with E-state index < -0.39 is 0 Å². The molecule has 2 aromatic rings. The van der Waals surface area contributed by atoms with Crippen LogP contribution in [0.5, 0.6) is 5.75 Å². The predicted octanol–water partition coefficient (Wildman–Crippen LogP) is 3.58. The number of aromatic nitrogens is 1. The molecule has 1 N–H and O–H groups in total. The number of pyridine rings is 1. The number of rotatable bonds is 8. The van der Waals surface area contributed by atoms with E-state index in [1.54, 1.807) is 18.5 Å². The van der Waals surface area contributed by atoms with Gasteiger partial charge in [-0.1, -0.05) is 31.0 Å². The van der Waals surface area contributed by atoms with Crippen LogP contribution in [-0.4, -0.2) is 41.3 Å². The van der Waals surface area contributed by atoms with Crippen LogP contribution in [0.1, 0.15) is 43.2 Å². The van der Waals surface area contributed by atoms with E-state index in [0.29, 0.717) is 19.6 Å². The third-order valence-corrected chi connectivity index (χ3v) is 5.03. The number of amides is 2. The van der Waals surface area contributed by atoms with E-state index in [9.17, 15) is 9.59 Å². The zero-order chi connectivity index (χ0) is 21.0. The van der Waals surface area contributed by atoms with Gasteiger partial charge in [0.05, 0.1) is 0 Å². The lowest BCUT2D eigenvalue weighted by Gasteiger charge is -2.20. The minimum Gasteiger partial charge on any atom is -0.489 e. The maximum atomic E-state index is 12.2. The highest BCUT2D eigenvalue weighted by atomic mass is 16.5. The van der Waals surface area contributed by atoms with Gasteiger partial charge in [0.25, 0.3) is 0 Å². The maximum Gasteiger partial charge on any atom is 0.244 e. The van der Waals surface area contributed by atoms with Crippen LogP contribution in [0, 0.1) is 0 Å². The Labute approximate surface area is 178 Å². The molecule has 1 aromatic carbocycles. The Morgan fingerprint density at radius 1 is 1.07 bits per heavy atom. The largest absolute Gasteiger partial charge is 0.489 e. The fourth-order valence-corrected chi connectivity index (χ4v) is 3.33. The summed E-state index contributed by atoms with van der Waals surface area (Å²) in [4.78, 5) is 30.2. The summed E-state index contributed by atoms with van der Waals surface area (Å²) in [7, 11) is 0. The van der Waals surface area contributed by atoms with Crippen molar-refractivity contribution in [1.82, 2.24) is 15.2 Å². The van der Waals surface area contributed by atoms with E-state index >= 15 is 0 Å². The first-order chi connectivity index (χ1) is 14.7. The summed E-state index contributed by atoms with van der Waals surface area (Å²) < 4.78 is 5.73. The van der Waals surface area contributed by atoms with Crippen molar-refractivity contribution in [3.05, 3.63) is 66.0 Å². The van der Waals surface area contributed by atoms with Crippen LogP contribution in [0.3, 0.4) is 0 Å². The zero-order valence-electron chi connectivity index (χ0n) is 17.3. The molecule has 0 atom stereocenters. The van der Waals surface area contributed by atoms with Gasteiger partial charge in [-0.15, -0.1) is 0 Å². The van der Waals surface area contributed by atoms with Crippen molar-refractivity contribution < 1.29 is 14.3 Å². The Bertz CT molecular complexity index is 827. The molecule has 3 rings (SSSR count). The average molecular weight is 408 g/mol. The number of benzene rings is 1. The third kappa shape index (κ3) is 7.35. The fourth-order valence-electron chi connectivity index (χ4n) is 3.33. The van der Waals surface area contributed by atoms with Crippen LogP contribution in [0.2, 0.25) is 0 Å². The Kier molecular flexibility index (Phi) is 8.45. The lowest BCUT2D eigenvalue weighted by Crippen LogP contribution is -2.34. The second-order valence-electron chi connectivity index (χ2n) is 7.39. The first-order valence-electron chi connectivity index (χ1n) is 10.6. The van der Waals surface area contributed by atoms with Gasteiger partial charge in [-0.2, -0.15) is 0 Å². The normalized spacial score (nSPS) is 14.3. The summed E-state index contributed by atoms with van der Waals surface area (Å²) in [5, 5.41) is 2.78. The summed E-state index contributed by atoms with van der Waals surface area (Å²) in [5.41, 5.74) is 1.91. The highest BCUT2D eigenvalue weighted by molar-refractivity contribution is 5.92. The van der Waals surface area contributed by atoms with Gasteiger partial charge < -0.3 is 15.0 Å². The molecule has 2 heterocycles. The molecule has 1 saturated heterocycles. The van der Waals surface area contributed by atoms with Gasteiger partial charge in [0.15, 0.2) is 0 Å². The topological polar surface area (TPSA) is 71.5 Å². The number of carbonyl (C=O) groups excluding carboxylic acids is 2. The number of nitrogens with one attached hydrogen (secondary N) is 1. The van der Waals surface area contributed by atoms with Gasteiger partial charge in [0.1, 0.15) is 12.4 Å². The van der Waals surface area contributed by atoms with E-state index in [-0.39, 0.29) is 11.8 Å². The van der Waals surface area contributed by atoms with Gasteiger partial charge in [-0.25, -0.2) is 0 Å². The SMILES string of the molecule is O=C(/C=C/c1ccc(OCc2cccnc2)cc1)NCCC(=O)N1CCCCCC1. The molecule has 0 bridgehead atoms. The number of hydrogen-bond acceptors (Lipinski definition) is 4. The van der Waals surface area contributed by atoms with E-state index in [2.05, 4.69) is 10.3 Å². The Balaban J connectivity index is 1.37. The average Bonchev–Trinajstić information content (AvgIpc) is 3.07. The molecular weight excluding hydrogens is 378 g/mol. The molecule has 158 valence electrons. The lowest BCUT2D eigenvalue weighted by molar-refractivity contribution is -0.131. The highest BCUT2D eigenvalue weighted by Gasteiger charge is 2.14. The maximum absolute atomic E-state index is 12.2. The van der Waals surface area contributed by atoms with E-state index in [0.717, 1.165) is 42.8 Å². The van der Waals surface area contributed by atoms with Crippen molar-refractivity contribution in [3.8, 4) is 5.75 Å². The standard InChI is InChI=1S/C24H29N3O3/c28-23(26-15-13-24(29)27-16-3-1-2-4-17-27)12-9-20-7-10-22(11-8-20)30-19-21-6-5-14-25-18-21/h5-12,14,18H,1-4,13,15-17,19H2,(H,26,28)/b12-9+. The molecule has 0 aliphatic carbocycles. The minimum absolute atomic E-state index is 0.128. The van der Waals surface area contributed by atoms with Crippen LogP contribution in [0.15, 0.2) is 54.9 Å². The van der Waals surface area contributed by atoms with Gasteiger partial charge in [0.2, 0.25) is 11.8 Å². The van der Waals surface area contributed by atoms with Crippen molar-refractivity contribution in [2.75, 3.05) is 19.6 Å². The number of likely N-dealkylation sites (tertiary alicyclic amines) is 1. The molecule has 1 aromatic heterocycles. The quantitative estimate of drug-likeness (QED) is 0.679. The zero-order valence-corrected chi connectivity index (χ0v) is 17.3. The molecule has 30 heavy (non-hydrogen) atoms. The molecule has 2 amide bonds. The summed E-state index contributed by atoms with van der Waals surface area (Å²) in [5.74, 6) is 0.686. The molecule has 6 heteroatoms. The third-order valence-electron chi connectivity index (χ3n) is 5.03. The van der Waals surface area contributed by atoms with Crippen molar-refractivity contribution >= 4 is 17.9 Å². The smallest absolute Gasteiger partial charge is 0.244 e. The molecule has 1 aliphatic rings. The second kappa shape index (κ2) is 11.8. The number of hydrogen-bond donors (Lipinski definition) is 1. The minimum atomic E-state index is -0.199. The first kappa shape index (κ1) is 21.6. The Hall–Kier alpha value is -3.15. The number of ether oxygens (including phenoxy) is 1. The molecule has 0 spiro atoms. The predicted molar refractivity (Wildman–Crippen MR) is 117 cm³/mol. The lowest BCUT2D eigenvalue weighted by atomic mass is 10.2. The summed E-state index contributed by atoms with van der Waals surface area (Å²) in [6, 6.07) is 11.4. The second-order valence-corrected chi connectivity index (χ2v) is 7.39. The first-order valence-corrected chi connectivity index (χ1v) is 10.6. The van der Waals surface area contributed by atoms with Crippen LogP contribution >= 0.6 is 0 Å². The van der Waals surface area contributed by atoms with Crippen LogP contribution in [0.4, 0.5) is 0 Å². The van der Waals surface area contributed by atoms with E-state index in [4.69, 9.17) is 4.74 Å². The van der Waals surface area contributed by atoms with Gasteiger partial charge >= 0.3 is 0 Å². The molecule has 0 saturated carbocycles. The molecule has 1 fully saturated rings. The van der Waals surface area contributed by atoms with Crippen molar-refractivity contribution in [2.45, 2.75) is 38.7 Å². The van der Waals surface area contributed by atoms with Crippen LogP contribution in [0.25, 0.3) is 6.08 Å². The van der Waals surface area contributed by atoms with Crippen molar-refractivity contribution in [3.63, 3.8) is 0 Å². The Morgan fingerprint density at radius 3 is 2.53 bits per heavy atom. The monoisotopic (exact) mass is 407 g/mol. The van der Waals surface area contributed by atoms with Gasteiger partial charge in [-0.3, -0.25) is 14.6 Å². The highest BCUT2D eigenvalue weighted by Crippen LogP contribution is 2.15. The fraction of sp³-hybridized carbons (Fsp3) is 0.375. The van der Waals surface area contributed by atoms with Gasteiger partial charge in [-0.05, 0) is 42.7 Å². The molecule has 6 nitrogen and oxygen atoms in total. The van der Waals surface area contributed by atoms with Crippen molar-refractivity contribution in [1.29, 1.82) is 0 Å². The molecule has 1 aliphatic heterocycles. The summed E-state index contributed by atoms with van der Waals surface area (Å²) in [6.45, 7) is 2.50. The van der Waals surface area contributed by atoms with E-state index in [1.807, 2.05) is 41.3 Å². The molecular formula is C24H29N3O3. The van der Waals surface area contributed by atoms with E-state index in [1.165, 1.54) is 18.9 Å². The van der Waals surface area contributed by atoms with Crippen LogP contribution in [-0.2, 0) is 16.2 Å². The molecule has 0 unspecified atom stereocenters. The summed E-state index contributed by atoms with van der Waals surface area (Å²) in [6.07, 6.45) is 11.6.